The molecule has 8 nitrogen and oxygen atoms in total. The average Bonchev–Trinajstić information content (AvgIpc) is 3.99. The second-order valence-corrected chi connectivity index (χ2v) is 13.6. The van der Waals surface area contributed by atoms with Crippen molar-refractivity contribution in [2.75, 3.05) is 13.7 Å². The van der Waals surface area contributed by atoms with Crippen LogP contribution in [0.3, 0.4) is 0 Å². The molecular weight excluding hydrogens is 843 g/mol. The molecule has 5 aliphatic rings. The van der Waals surface area contributed by atoms with Crippen molar-refractivity contribution >= 4 is 45.5 Å². The van der Waals surface area contributed by atoms with E-state index in [-0.39, 0.29) is 5.97 Å². The highest BCUT2D eigenvalue weighted by molar-refractivity contribution is 6.08. The largest absolute Gasteiger partial charge is 0.458 e. The summed E-state index contributed by atoms with van der Waals surface area (Å²) in [6, 6.07) is 45.0. The lowest BCUT2D eigenvalue weighted by Crippen LogP contribution is -2.07. The monoisotopic (exact) mass is 920 g/mol. The molecule has 2 heterocycles. The highest BCUT2D eigenvalue weighted by Gasteiger charge is 2.18. The number of hydrogen-bond acceptors (Lipinski definition) is 6. The van der Waals surface area contributed by atoms with Crippen LogP contribution >= 0.6 is 0 Å². The Kier molecular flexibility index (Phi) is 34.2. The molecule has 0 aromatic heterocycles. The molecule has 0 saturated heterocycles. The van der Waals surface area contributed by atoms with Crippen molar-refractivity contribution in [2.45, 2.75) is 115 Å². The van der Waals surface area contributed by atoms with E-state index in [9.17, 15) is 14.4 Å². The normalized spacial score (nSPS) is 12.1. The molecular formula is C60H77N3O5. The zero-order chi connectivity index (χ0) is 51.1. The standard InChI is InChI=1S/2C12H10.2C8H8.C5H4O3.C4H4O2.5C2H6.CH3N3/c1-2-4-10-8-12-6-5-11(12)7-9(10)3-1;1-2-4-11-9(3-1)5-6-10-7-8-12(10)11;1-2-4-8-6-5-7(8)3-1;1-2-8-6-4-3-5-7-8;1-3-2-4(6)8-5(3)7;5-4-2-1-3-6-4;5*1-2;1-3-4-2/h1-4,7-8H,5-6H2;1-6H,7-8H2;1-4H,5-6H2;2-7H,1H2;2H,1H3;1-2H,3H2;5*1-2H3;1H3. The summed E-state index contributed by atoms with van der Waals surface area (Å²) in [4.78, 5) is 32.7. The molecule has 0 spiro atoms. The number of nitrogens with zero attached hydrogens (tertiary/aromatic N) is 3. The first-order chi connectivity index (χ1) is 33.3. The van der Waals surface area contributed by atoms with Crippen LogP contribution in [0, 0.1) is 0 Å². The van der Waals surface area contributed by atoms with Gasteiger partial charge in [0.1, 0.15) is 6.61 Å². The molecule has 0 radical (unpaired) electrons. The Labute approximate surface area is 408 Å². The van der Waals surface area contributed by atoms with E-state index in [4.69, 9.17) is 5.53 Å². The zero-order valence-electron chi connectivity index (χ0n) is 43.0. The molecule has 68 heavy (non-hydrogen) atoms. The molecule has 0 saturated carbocycles. The topological polar surface area (TPSA) is 118 Å². The number of aryl methyl sites for hydroxylation is 6. The second kappa shape index (κ2) is 38.1. The van der Waals surface area contributed by atoms with Gasteiger partial charge in [-0.1, -0.05) is 214 Å². The number of fused-ring (bicyclic) bond motifs is 6. The lowest BCUT2D eigenvalue weighted by Gasteiger charge is -2.20. The van der Waals surface area contributed by atoms with E-state index in [2.05, 4.69) is 123 Å². The maximum absolute atomic E-state index is 10.3. The first-order valence-corrected chi connectivity index (χ1v) is 24.2. The molecule has 362 valence electrons. The van der Waals surface area contributed by atoms with Gasteiger partial charge in [-0.15, -0.1) is 0 Å². The van der Waals surface area contributed by atoms with E-state index in [1.54, 1.807) is 39.5 Å². The number of carbonyl (C=O) groups is 3. The lowest BCUT2D eigenvalue weighted by molar-refractivity contribution is -0.150. The quantitative estimate of drug-likeness (QED) is 0.0535. The van der Waals surface area contributed by atoms with Crippen LogP contribution in [0.5, 0.6) is 0 Å². The fourth-order valence-corrected chi connectivity index (χ4v) is 6.37. The average molecular weight is 920 g/mol. The molecule has 0 fully saturated rings. The van der Waals surface area contributed by atoms with Crippen LogP contribution in [0.4, 0.5) is 0 Å². The Morgan fingerprint density at radius 3 is 1.32 bits per heavy atom. The van der Waals surface area contributed by atoms with E-state index < -0.39 is 11.9 Å². The highest BCUT2D eigenvalue weighted by Crippen LogP contribution is 2.31. The zero-order valence-corrected chi connectivity index (χ0v) is 43.0. The van der Waals surface area contributed by atoms with Gasteiger partial charge in [-0.25, -0.2) is 14.4 Å². The molecule has 0 amide bonds. The number of benzene rings is 6. The Balaban J connectivity index is 0.000000761. The Morgan fingerprint density at radius 2 is 1.01 bits per heavy atom. The number of esters is 3. The third-order valence-corrected chi connectivity index (χ3v) is 9.85. The van der Waals surface area contributed by atoms with Gasteiger partial charge in [0.2, 0.25) is 0 Å². The predicted molar refractivity (Wildman–Crippen MR) is 290 cm³/mol. The van der Waals surface area contributed by atoms with Crippen LogP contribution in [-0.4, -0.2) is 31.6 Å². The second-order valence-electron chi connectivity index (χ2n) is 13.6. The van der Waals surface area contributed by atoms with Gasteiger partial charge in [-0.05, 0) is 118 Å². The van der Waals surface area contributed by atoms with Crippen LogP contribution in [0.15, 0.2) is 163 Å². The molecule has 11 rings (SSSR count). The molecule has 0 unspecified atom stereocenters. The van der Waals surface area contributed by atoms with Crippen molar-refractivity contribution in [3.8, 4) is 0 Å². The molecule has 2 aliphatic heterocycles. The van der Waals surface area contributed by atoms with Gasteiger partial charge in [0.05, 0.1) is 0 Å². The maximum atomic E-state index is 10.3. The summed E-state index contributed by atoms with van der Waals surface area (Å²) in [6.45, 7) is 25.6. The van der Waals surface area contributed by atoms with Gasteiger partial charge in [0.25, 0.3) is 0 Å². The summed E-state index contributed by atoms with van der Waals surface area (Å²) < 4.78 is 8.51. The number of rotatable bonds is 1. The number of cyclic esters (lactones) is 3. The van der Waals surface area contributed by atoms with Gasteiger partial charge in [0.15, 0.2) is 0 Å². The first kappa shape index (κ1) is 61.0. The Morgan fingerprint density at radius 1 is 0.559 bits per heavy atom. The van der Waals surface area contributed by atoms with Crippen LogP contribution in [0.25, 0.3) is 38.1 Å². The Bertz CT molecular complexity index is 2430. The third-order valence-electron chi connectivity index (χ3n) is 9.85. The van der Waals surface area contributed by atoms with Crippen molar-refractivity contribution < 1.29 is 23.9 Å². The summed E-state index contributed by atoms with van der Waals surface area (Å²) in [5.41, 5.74) is 18.2. The fraction of sp³-hybridized carbons (Fsp3) is 0.317. The molecule has 8 heteroatoms. The SMILES string of the molecule is C=Cc1ccccc1.CC.CC.CC.CC.CC.CC1=CC(=O)OC1=O.CN=[N+]=[N-].O=C1C=CCO1.c1ccc2c(c1)CC2.c1ccc2c3c(ccc2c1)CC3.c1ccc2cc3c(cc2c1)CC3. The highest BCUT2D eigenvalue weighted by atomic mass is 16.6. The molecule has 6 aromatic rings. The summed E-state index contributed by atoms with van der Waals surface area (Å²) in [5, 5.41) is 8.53. The van der Waals surface area contributed by atoms with Crippen LogP contribution in [0.1, 0.15) is 115 Å². The first-order valence-electron chi connectivity index (χ1n) is 24.2. The summed E-state index contributed by atoms with van der Waals surface area (Å²) in [6.07, 6.45) is 13.8. The minimum atomic E-state index is -0.562. The fourth-order valence-electron chi connectivity index (χ4n) is 6.37. The Hall–Kier alpha value is -7.02. The van der Waals surface area contributed by atoms with Gasteiger partial charge in [-0.3, -0.25) is 0 Å². The van der Waals surface area contributed by atoms with Crippen molar-refractivity contribution in [1.29, 1.82) is 0 Å². The third kappa shape index (κ3) is 21.5. The van der Waals surface area contributed by atoms with Crippen molar-refractivity contribution in [3.05, 3.63) is 207 Å². The van der Waals surface area contributed by atoms with Crippen molar-refractivity contribution in [3.63, 3.8) is 0 Å². The number of ether oxygens (including phenoxy) is 2. The van der Waals surface area contributed by atoms with E-state index in [1.807, 2.05) is 106 Å². The van der Waals surface area contributed by atoms with Gasteiger partial charge in [0, 0.05) is 29.7 Å². The van der Waals surface area contributed by atoms with E-state index in [0.29, 0.717) is 12.2 Å². The minimum absolute atomic E-state index is 0.227. The molecule has 3 aliphatic carbocycles. The lowest BCUT2D eigenvalue weighted by atomic mass is 9.84. The van der Waals surface area contributed by atoms with Crippen molar-refractivity contribution in [1.82, 2.24) is 0 Å². The smallest absolute Gasteiger partial charge is 0.341 e. The van der Waals surface area contributed by atoms with Crippen molar-refractivity contribution in [2.24, 2.45) is 5.11 Å². The summed E-state index contributed by atoms with van der Waals surface area (Å²) in [5.74, 6) is -1.32. The molecule has 0 bridgehead atoms. The van der Waals surface area contributed by atoms with Gasteiger partial charge in [-0.2, -0.15) is 0 Å². The summed E-state index contributed by atoms with van der Waals surface area (Å²) in [7, 11) is 1.39. The predicted octanol–water partition coefficient (Wildman–Crippen LogP) is 16.2. The van der Waals surface area contributed by atoms with Gasteiger partial charge < -0.3 is 9.47 Å². The van der Waals surface area contributed by atoms with E-state index in [1.165, 1.54) is 91.8 Å². The van der Waals surface area contributed by atoms with Crippen LogP contribution in [0.2, 0.25) is 0 Å². The van der Waals surface area contributed by atoms with Gasteiger partial charge >= 0.3 is 17.9 Å². The molecule has 6 aromatic carbocycles. The maximum Gasteiger partial charge on any atom is 0.341 e. The number of hydrogen-bond donors (Lipinski definition) is 0. The number of carbonyl (C=O) groups excluding carboxylic acids is 3. The van der Waals surface area contributed by atoms with Crippen LogP contribution in [-0.2, 0) is 62.4 Å². The number of azide groups is 1. The molecule has 0 atom stereocenters. The van der Waals surface area contributed by atoms with E-state index in [0.717, 1.165) is 0 Å². The minimum Gasteiger partial charge on any atom is -0.458 e. The molecule has 0 N–H and O–H groups in total. The van der Waals surface area contributed by atoms with E-state index >= 15 is 0 Å². The van der Waals surface area contributed by atoms with Crippen LogP contribution < -0.4 is 0 Å². The summed E-state index contributed by atoms with van der Waals surface area (Å²) >= 11 is 0.